The monoisotopic (exact) mass is 523 g/mol. The van der Waals surface area contributed by atoms with Gasteiger partial charge in [0.25, 0.3) is 5.91 Å². The lowest BCUT2D eigenvalue weighted by Gasteiger charge is -2.42. The first-order valence-electron chi connectivity index (χ1n) is 12.4. The Morgan fingerprint density at radius 3 is 2.53 bits per heavy atom. The Balaban J connectivity index is 1.73. The average Bonchev–Trinajstić information content (AvgIpc) is 3.35. The smallest absolute Gasteiger partial charge is 0.428 e. The van der Waals surface area contributed by atoms with E-state index in [1.54, 1.807) is 49.9 Å². The van der Waals surface area contributed by atoms with Gasteiger partial charge in [0.2, 0.25) is 11.2 Å². The molecule has 38 heavy (non-hydrogen) atoms. The molecule has 0 bridgehead atoms. The van der Waals surface area contributed by atoms with Gasteiger partial charge in [0.1, 0.15) is 5.60 Å². The van der Waals surface area contributed by atoms with Crippen LogP contribution in [0.4, 0.5) is 13.6 Å². The molecule has 3 aromatic rings. The van der Waals surface area contributed by atoms with E-state index in [2.05, 4.69) is 5.10 Å². The van der Waals surface area contributed by atoms with Gasteiger partial charge in [0.05, 0.1) is 18.3 Å². The summed E-state index contributed by atoms with van der Waals surface area (Å²) in [4.78, 5) is 40.6. The van der Waals surface area contributed by atoms with Gasteiger partial charge in [-0.25, -0.2) is 18.3 Å². The molecule has 3 heterocycles. The van der Waals surface area contributed by atoms with E-state index in [1.165, 1.54) is 16.8 Å². The summed E-state index contributed by atoms with van der Waals surface area (Å²) in [5.41, 5.74) is -1.16. The standard InChI is InChI=1S/C28H27F2N3O5/c1-28(2,3)38-27(36)37-25-20(34)15-31-33-23(19-13-8-14-32(19)26(35)24(25)33)21(16-9-5-4-6-10-16)17-11-7-12-18(29)22(17)30/h4-7,9-12,15,19,21,23H,8,13-14H2,1-3H3/t19-,21-,23-/m1/s1. The van der Waals surface area contributed by atoms with Crippen LogP contribution in [0, 0.1) is 11.6 Å². The van der Waals surface area contributed by atoms with Crippen LogP contribution in [0.25, 0.3) is 0 Å². The summed E-state index contributed by atoms with van der Waals surface area (Å²) >= 11 is 0. The van der Waals surface area contributed by atoms with Crippen LogP contribution in [0.15, 0.2) is 59.5 Å². The van der Waals surface area contributed by atoms with Gasteiger partial charge in [-0.3, -0.25) is 9.59 Å². The normalized spacial score (nSPS) is 19.5. The van der Waals surface area contributed by atoms with E-state index in [4.69, 9.17) is 9.47 Å². The van der Waals surface area contributed by atoms with Gasteiger partial charge in [-0.1, -0.05) is 42.5 Å². The van der Waals surface area contributed by atoms with Crippen LogP contribution in [0.5, 0.6) is 5.75 Å². The van der Waals surface area contributed by atoms with Crippen LogP contribution in [0.2, 0.25) is 0 Å². The zero-order valence-electron chi connectivity index (χ0n) is 21.2. The van der Waals surface area contributed by atoms with E-state index >= 15 is 4.39 Å². The molecule has 5 rings (SSSR count). The van der Waals surface area contributed by atoms with Crippen molar-refractivity contribution in [3.05, 3.63) is 93.4 Å². The summed E-state index contributed by atoms with van der Waals surface area (Å²) in [6.07, 6.45) is 1.07. The highest BCUT2D eigenvalue weighted by atomic mass is 19.2. The zero-order chi connectivity index (χ0) is 27.2. The third-order valence-electron chi connectivity index (χ3n) is 6.80. The summed E-state index contributed by atoms with van der Waals surface area (Å²) < 4.78 is 41.7. The molecule has 8 nitrogen and oxygen atoms in total. The topological polar surface area (TPSA) is 90.7 Å². The van der Waals surface area contributed by atoms with Crippen molar-refractivity contribution in [3.8, 4) is 5.75 Å². The van der Waals surface area contributed by atoms with Gasteiger partial charge < -0.3 is 14.4 Å². The highest BCUT2D eigenvalue weighted by molar-refractivity contribution is 5.97. The lowest BCUT2D eigenvalue weighted by molar-refractivity contribution is 0.0193. The van der Waals surface area contributed by atoms with Crippen molar-refractivity contribution < 1.29 is 27.8 Å². The van der Waals surface area contributed by atoms with E-state index in [1.807, 2.05) is 6.07 Å². The molecule has 3 atom stereocenters. The lowest BCUT2D eigenvalue weighted by Crippen LogP contribution is -2.51. The Bertz CT molecular complexity index is 1450. The number of rotatable bonds is 4. The van der Waals surface area contributed by atoms with Crippen LogP contribution in [0.3, 0.4) is 0 Å². The number of nitrogens with zero attached hydrogens (tertiary/aromatic N) is 3. The van der Waals surface area contributed by atoms with Crippen LogP contribution < -0.4 is 10.2 Å². The second-order valence-electron chi connectivity index (χ2n) is 10.4. The maximum absolute atomic E-state index is 15.3. The van der Waals surface area contributed by atoms with Gasteiger partial charge in [-0.15, -0.1) is 0 Å². The van der Waals surface area contributed by atoms with Crippen LogP contribution in [-0.4, -0.2) is 44.9 Å². The third-order valence-corrected chi connectivity index (χ3v) is 6.80. The Morgan fingerprint density at radius 1 is 1.08 bits per heavy atom. The number of ether oxygens (including phenoxy) is 2. The summed E-state index contributed by atoms with van der Waals surface area (Å²) in [7, 11) is 0. The fraction of sp³-hybridized carbons (Fsp3) is 0.357. The number of carbonyl (C=O) groups excluding carboxylic acids is 2. The van der Waals surface area contributed by atoms with Crippen molar-refractivity contribution in [2.24, 2.45) is 0 Å². The van der Waals surface area contributed by atoms with Crippen LogP contribution in [0.1, 0.15) is 67.2 Å². The quantitative estimate of drug-likeness (QED) is 0.455. The van der Waals surface area contributed by atoms with Crippen molar-refractivity contribution in [1.82, 2.24) is 14.7 Å². The predicted octanol–water partition coefficient (Wildman–Crippen LogP) is 4.83. The first kappa shape index (κ1) is 25.6. The number of aromatic nitrogens is 2. The molecule has 0 radical (unpaired) electrons. The first-order valence-corrected chi connectivity index (χ1v) is 12.4. The van der Waals surface area contributed by atoms with Crippen LogP contribution in [-0.2, 0) is 4.74 Å². The number of hydrogen-bond donors (Lipinski definition) is 0. The summed E-state index contributed by atoms with van der Waals surface area (Å²) in [5.74, 6) is -3.83. The molecular formula is C28H27F2N3O5. The highest BCUT2D eigenvalue weighted by Gasteiger charge is 2.49. The highest BCUT2D eigenvalue weighted by Crippen LogP contribution is 2.46. The average molecular weight is 524 g/mol. The van der Waals surface area contributed by atoms with Gasteiger partial charge in [0.15, 0.2) is 17.3 Å². The molecule has 2 aliphatic heterocycles. The van der Waals surface area contributed by atoms with Gasteiger partial charge in [-0.05, 0) is 45.2 Å². The number of carbonyl (C=O) groups is 2. The molecule has 2 aliphatic rings. The van der Waals surface area contributed by atoms with Crippen molar-refractivity contribution in [2.75, 3.05) is 6.54 Å². The van der Waals surface area contributed by atoms with E-state index in [0.29, 0.717) is 24.9 Å². The molecule has 1 aromatic heterocycles. The number of benzene rings is 2. The molecule has 0 aliphatic carbocycles. The fourth-order valence-corrected chi connectivity index (χ4v) is 5.37. The van der Waals surface area contributed by atoms with E-state index < -0.39 is 58.5 Å². The second kappa shape index (κ2) is 9.66. The molecule has 0 spiro atoms. The Labute approximate surface area is 217 Å². The number of hydrogen-bond acceptors (Lipinski definition) is 6. The fourth-order valence-electron chi connectivity index (χ4n) is 5.37. The van der Waals surface area contributed by atoms with Crippen LogP contribution >= 0.6 is 0 Å². The predicted molar refractivity (Wildman–Crippen MR) is 133 cm³/mol. The zero-order valence-corrected chi connectivity index (χ0v) is 21.2. The molecule has 1 saturated heterocycles. The van der Waals surface area contributed by atoms with Gasteiger partial charge >= 0.3 is 6.16 Å². The minimum Gasteiger partial charge on any atom is -0.428 e. The maximum Gasteiger partial charge on any atom is 0.514 e. The molecule has 198 valence electrons. The molecule has 10 heteroatoms. The molecule has 0 saturated carbocycles. The molecule has 0 unspecified atom stereocenters. The van der Waals surface area contributed by atoms with Crippen molar-refractivity contribution in [1.29, 1.82) is 0 Å². The molecule has 2 aromatic carbocycles. The van der Waals surface area contributed by atoms with E-state index in [-0.39, 0.29) is 11.3 Å². The largest absolute Gasteiger partial charge is 0.514 e. The minimum absolute atomic E-state index is 0.0865. The number of fused-ring (bicyclic) bond motifs is 2. The molecule has 1 fully saturated rings. The molecule has 0 N–H and O–H groups in total. The van der Waals surface area contributed by atoms with Gasteiger partial charge in [0, 0.05) is 18.0 Å². The summed E-state index contributed by atoms with van der Waals surface area (Å²) in [6, 6.07) is 11.8. The van der Waals surface area contributed by atoms with Gasteiger partial charge in [-0.2, -0.15) is 5.10 Å². The minimum atomic E-state index is -1.15. The van der Waals surface area contributed by atoms with E-state index in [9.17, 15) is 18.8 Å². The molecular weight excluding hydrogens is 496 g/mol. The third kappa shape index (κ3) is 4.55. The Morgan fingerprint density at radius 2 is 1.82 bits per heavy atom. The summed E-state index contributed by atoms with van der Waals surface area (Å²) in [5, 5.41) is 4.29. The van der Waals surface area contributed by atoms with Crippen molar-refractivity contribution in [3.63, 3.8) is 0 Å². The second-order valence-corrected chi connectivity index (χ2v) is 10.4. The maximum atomic E-state index is 15.3. The summed E-state index contributed by atoms with van der Waals surface area (Å²) in [6.45, 7) is 5.30. The lowest BCUT2D eigenvalue weighted by atomic mass is 9.79. The molecule has 1 amide bonds. The first-order chi connectivity index (χ1) is 18.1. The van der Waals surface area contributed by atoms with Crippen molar-refractivity contribution >= 4 is 12.1 Å². The Hall–Kier alpha value is -4.08. The Kier molecular flexibility index (Phi) is 6.50. The van der Waals surface area contributed by atoms with Crippen molar-refractivity contribution in [2.45, 2.75) is 57.2 Å². The number of halogens is 2. The van der Waals surface area contributed by atoms with E-state index in [0.717, 1.165) is 12.3 Å². The SMILES string of the molecule is CC(C)(C)OC(=O)Oc1c2n(ncc1=O)[C@@H]([C@H](c1ccccc1)c1cccc(F)c1F)[C@H]1CCCN1C2=O. The number of amides is 1.